The molecule has 3 heterocycles. The smallest absolute Gasteiger partial charge is 0.226 e. The summed E-state index contributed by atoms with van der Waals surface area (Å²) in [5, 5.41) is 8.20. The van der Waals surface area contributed by atoms with E-state index in [1.54, 1.807) is 32.2 Å². The number of benzene rings is 2. The maximum atomic E-state index is 12.6. The Hall–Kier alpha value is -3.59. The van der Waals surface area contributed by atoms with Gasteiger partial charge in [-0.3, -0.25) is 4.79 Å². The highest BCUT2D eigenvalue weighted by Gasteiger charge is 2.32. The van der Waals surface area contributed by atoms with Crippen LogP contribution in [0.2, 0.25) is 0 Å². The van der Waals surface area contributed by atoms with Crippen LogP contribution in [0.15, 0.2) is 42.6 Å². The fourth-order valence-corrected chi connectivity index (χ4v) is 4.82. The fourth-order valence-electron chi connectivity index (χ4n) is 3.86. The molecule has 1 amide bonds. The number of nitrogens with one attached hydrogen (secondary N) is 1. The van der Waals surface area contributed by atoms with Crippen LogP contribution >= 0.6 is 11.3 Å². The molecule has 0 saturated carbocycles. The Morgan fingerprint density at radius 1 is 1.03 bits per heavy atom. The summed E-state index contributed by atoms with van der Waals surface area (Å²) in [4.78, 5) is 17.3. The zero-order valence-corrected chi connectivity index (χ0v) is 18.0. The van der Waals surface area contributed by atoms with Crippen LogP contribution in [0.4, 0.5) is 5.82 Å². The molecule has 2 aromatic heterocycles. The Labute approximate surface area is 182 Å². The lowest BCUT2D eigenvalue weighted by Gasteiger charge is -2.25. The summed E-state index contributed by atoms with van der Waals surface area (Å²) in [6.07, 6.45) is 2.09. The van der Waals surface area contributed by atoms with Crippen molar-refractivity contribution in [3.8, 4) is 22.4 Å². The maximum absolute atomic E-state index is 12.6. The molecule has 5 rings (SSSR count). The topological polar surface area (TPSA) is 87.5 Å². The molecule has 9 heteroatoms. The molecule has 0 aliphatic carbocycles. The first kappa shape index (κ1) is 19.4. The van der Waals surface area contributed by atoms with Crippen molar-refractivity contribution in [3.63, 3.8) is 0 Å². The average Bonchev–Trinajstić information content (AvgIpc) is 3.41. The van der Waals surface area contributed by atoms with Gasteiger partial charge in [0.1, 0.15) is 23.1 Å². The zero-order chi connectivity index (χ0) is 21.5. The number of aromatic nitrogens is 3. The van der Waals surface area contributed by atoms with Crippen molar-refractivity contribution >= 4 is 33.3 Å². The molecule has 2 aromatic carbocycles. The Balaban J connectivity index is 1.60. The minimum Gasteiger partial charge on any atom is -0.497 e. The van der Waals surface area contributed by atoms with Crippen molar-refractivity contribution in [1.29, 1.82) is 0 Å². The second-order valence-electron chi connectivity index (χ2n) is 7.10. The van der Waals surface area contributed by atoms with Crippen molar-refractivity contribution in [2.24, 2.45) is 0 Å². The number of thiazole rings is 1. The van der Waals surface area contributed by atoms with E-state index in [0.29, 0.717) is 28.9 Å². The lowest BCUT2D eigenvalue weighted by Crippen LogP contribution is -2.24. The highest BCUT2D eigenvalue weighted by molar-refractivity contribution is 7.20. The first-order valence-electron chi connectivity index (χ1n) is 9.66. The number of ether oxygens (including phenoxy) is 3. The molecule has 4 aromatic rings. The molecule has 0 fully saturated rings. The van der Waals surface area contributed by atoms with Gasteiger partial charge in [-0.2, -0.15) is 9.78 Å². The van der Waals surface area contributed by atoms with E-state index in [1.165, 1.54) is 11.3 Å². The second kappa shape index (κ2) is 7.59. The molecular weight excluding hydrogens is 416 g/mol. The molecule has 8 nitrogen and oxygen atoms in total. The minimum absolute atomic E-state index is 0.0834. The highest BCUT2D eigenvalue weighted by atomic mass is 32.1. The quantitative estimate of drug-likeness (QED) is 0.509. The van der Waals surface area contributed by atoms with Crippen molar-refractivity contribution in [2.75, 3.05) is 26.6 Å². The molecule has 0 spiro atoms. The average molecular weight is 436 g/mol. The molecule has 1 aliphatic rings. The summed E-state index contributed by atoms with van der Waals surface area (Å²) in [5.41, 5.74) is 2.67. The molecule has 0 radical (unpaired) electrons. The lowest BCUT2D eigenvalue weighted by molar-refractivity contribution is -0.116. The predicted molar refractivity (Wildman–Crippen MR) is 118 cm³/mol. The Kier molecular flexibility index (Phi) is 4.74. The predicted octanol–water partition coefficient (Wildman–Crippen LogP) is 3.98. The summed E-state index contributed by atoms with van der Waals surface area (Å²) < 4.78 is 18.9. The first-order chi connectivity index (χ1) is 15.1. The monoisotopic (exact) mass is 436 g/mol. The van der Waals surface area contributed by atoms with Gasteiger partial charge in [0.05, 0.1) is 37.7 Å². The van der Waals surface area contributed by atoms with Gasteiger partial charge >= 0.3 is 0 Å². The number of hydrogen-bond donors (Lipinski definition) is 1. The van der Waals surface area contributed by atoms with E-state index in [0.717, 1.165) is 27.1 Å². The number of hydrogen-bond acceptors (Lipinski definition) is 7. The van der Waals surface area contributed by atoms with E-state index in [1.807, 2.05) is 36.4 Å². The first-order valence-corrected chi connectivity index (χ1v) is 10.5. The summed E-state index contributed by atoms with van der Waals surface area (Å²) in [7, 11) is 4.86. The normalized spacial score (nSPS) is 15.5. The molecule has 1 N–H and O–H groups in total. The summed E-state index contributed by atoms with van der Waals surface area (Å²) >= 11 is 1.49. The maximum Gasteiger partial charge on any atom is 0.226 e. The SMILES string of the molecule is COc1ccc([C@H]2CC(=O)Nc3c2cnn3-c2nc3ccc(OC)cc3s2)c(OC)c1. The van der Waals surface area contributed by atoms with E-state index in [2.05, 4.69) is 15.4 Å². The van der Waals surface area contributed by atoms with Crippen LogP contribution in [0.5, 0.6) is 17.2 Å². The van der Waals surface area contributed by atoms with Crippen molar-refractivity contribution < 1.29 is 19.0 Å². The van der Waals surface area contributed by atoms with Gasteiger partial charge in [0.15, 0.2) is 0 Å². The van der Waals surface area contributed by atoms with Gasteiger partial charge in [0.2, 0.25) is 11.0 Å². The van der Waals surface area contributed by atoms with E-state index < -0.39 is 0 Å². The summed E-state index contributed by atoms with van der Waals surface area (Å²) in [6.45, 7) is 0. The number of anilines is 1. The molecule has 0 bridgehead atoms. The number of amides is 1. The number of carbonyl (C=O) groups excluding carboxylic acids is 1. The van der Waals surface area contributed by atoms with Crippen LogP contribution in [0.3, 0.4) is 0 Å². The Bertz CT molecular complexity index is 1300. The molecule has 1 aliphatic heterocycles. The third kappa shape index (κ3) is 3.27. The standard InChI is InChI=1S/C22H20N4O4S/c1-28-12-4-6-14(18(8-12)30-3)15-10-20(27)25-21-16(15)11-23-26(21)22-24-17-7-5-13(29-2)9-19(17)31-22/h4-9,11,15H,10H2,1-3H3,(H,25,27)/t15-/m1/s1. The van der Waals surface area contributed by atoms with Gasteiger partial charge < -0.3 is 19.5 Å². The van der Waals surface area contributed by atoms with Crippen LogP contribution in [-0.4, -0.2) is 42.0 Å². The number of methoxy groups -OCH3 is 3. The van der Waals surface area contributed by atoms with Gasteiger partial charge in [-0.05, 0) is 24.3 Å². The van der Waals surface area contributed by atoms with Crippen LogP contribution in [0.1, 0.15) is 23.5 Å². The third-order valence-corrected chi connectivity index (χ3v) is 6.40. The number of rotatable bonds is 5. The van der Waals surface area contributed by atoms with Crippen molar-refractivity contribution in [3.05, 3.63) is 53.7 Å². The molecular formula is C22H20N4O4S. The van der Waals surface area contributed by atoms with Crippen molar-refractivity contribution in [2.45, 2.75) is 12.3 Å². The van der Waals surface area contributed by atoms with Gasteiger partial charge in [-0.1, -0.05) is 17.4 Å². The van der Waals surface area contributed by atoms with Gasteiger partial charge in [0, 0.05) is 29.5 Å². The van der Waals surface area contributed by atoms with Crippen molar-refractivity contribution in [1.82, 2.24) is 14.8 Å². The van der Waals surface area contributed by atoms with Crippen LogP contribution in [0, 0.1) is 0 Å². The van der Waals surface area contributed by atoms with E-state index >= 15 is 0 Å². The number of carbonyl (C=O) groups is 1. The van der Waals surface area contributed by atoms with Crippen LogP contribution in [-0.2, 0) is 4.79 Å². The summed E-state index contributed by atoms with van der Waals surface area (Å²) in [5.74, 6) is 2.49. The van der Waals surface area contributed by atoms with E-state index in [9.17, 15) is 4.79 Å². The van der Waals surface area contributed by atoms with E-state index in [4.69, 9.17) is 14.2 Å². The highest BCUT2D eigenvalue weighted by Crippen LogP contribution is 2.43. The second-order valence-corrected chi connectivity index (χ2v) is 8.11. The molecule has 0 saturated heterocycles. The van der Waals surface area contributed by atoms with Crippen LogP contribution < -0.4 is 19.5 Å². The fraction of sp³-hybridized carbons (Fsp3) is 0.227. The molecule has 31 heavy (non-hydrogen) atoms. The van der Waals surface area contributed by atoms with E-state index in [-0.39, 0.29) is 11.8 Å². The minimum atomic E-state index is -0.187. The van der Waals surface area contributed by atoms with Gasteiger partial charge in [-0.15, -0.1) is 0 Å². The zero-order valence-electron chi connectivity index (χ0n) is 17.2. The third-order valence-electron chi connectivity index (χ3n) is 5.40. The Morgan fingerprint density at radius 3 is 2.58 bits per heavy atom. The number of fused-ring (bicyclic) bond motifs is 2. The molecule has 0 unspecified atom stereocenters. The summed E-state index contributed by atoms with van der Waals surface area (Å²) in [6, 6.07) is 11.4. The Morgan fingerprint density at radius 2 is 1.81 bits per heavy atom. The molecule has 158 valence electrons. The van der Waals surface area contributed by atoms with Crippen LogP contribution in [0.25, 0.3) is 15.3 Å². The lowest BCUT2D eigenvalue weighted by atomic mass is 9.86. The largest absolute Gasteiger partial charge is 0.497 e. The van der Waals surface area contributed by atoms with Gasteiger partial charge in [0.25, 0.3) is 0 Å². The van der Waals surface area contributed by atoms with Gasteiger partial charge in [-0.25, -0.2) is 4.98 Å². The number of nitrogens with zero attached hydrogens (tertiary/aromatic N) is 3. The molecule has 1 atom stereocenters.